The fourth-order valence-corrected chi connectivity index (χ4v) is 4.72. The number of nitrogens with one attached hydrogen (secondary N) is 3. The van der Waals surface area contributed by atoms with E-state index in [0.29, 0.717) is 25.4 Å². The second kappa shape index (κ2) is 12.6. The van der Waals surface area contributed by atoms with E-state index in [-0.39, 0.29) is 30.4 Å². The van der Waals surface area contributed by atoms with Gasteiger partial charge in [0.1, 0.15) is 23.4 Å². The molecule has 2 fully saturated rings. The molecular weight excluding hydrogens is 512 g/mol. The highest BCUT2D eigenvalue weighted by atomic mass is 16.6. The van der Waals surface area contributed by atoms with Gasteiger partial charge in [0.05, 0.1) is 25.7 Å². The van der Waals surface area contributed by atoms with Crippen molar-refractivity contribution in [1.82, 2.24) is 20.9 Å². The van der Waals surface area contributed by atoms with Gasteiger partial charge in [-0.15, -0.1) is 0 Å². The molecule has 10 heteroatoms. The molecule has 0 unspecified atom stereocenters. The number of benzene rings is 2. The summed E-state index contributed by atoms with van der Waals surface area (Å²) < 4.78 is 10.6. The zero-order valence-corrected chi connectivity index (χ0v) is 23.4. The van der Waals surface area contributed by atoms with Gasteiger partial charge in [-0.25, -0.2) is 0 Å². The number of ketones is 1. The molecule has 3 amide bonds. The zero-order chi connectivity index (χ0) is 28.9. The van der Waals surface area contributed by atoms with Gasteiger partial charge in [-0.05, 0) is 50.6 Å². The number of hydrogen-bond acceptors (Lipinski definition) is 7. The van der Waals surface area contributed by atoms with Crippen LogP contribution in [-0.4, -0.2) is 86.0 Å². The molecule has 2 aliphatic heterocycles. The van der Waals surface area contributed by atoms with Crippen molar-refractivity contribution < 1.29 is 28.7 Å². The number of amides is 3. The summed E-state index contributed by atoms with van der Waals surface area (Å²) in [4.78, 5) is 54.6. The number of Topliss-reactive ketones (excluding diaryl/α,β-unsaturated/α-hetero) is 1. The van der Waals surface area contributed by atoms with E-state index in [9.17, 15) is 19.2 Å². The van der Waals surface area contributed by atoms with Gasteiger partial charge in [0.2, 0.25) is 17.7 Å². The molecule has 2 aromatic rings. The first-order valence-corrected chi connectivity index (χ1v) is 13.5. The smallest absolute Gasteiger partial charge is 0.243 e. The Bertz CT molecular complexity index is 1210. The maximum Gasteiger partial charge on any atom is 0.243 e. The number of rotatable bonds is 13. The van der Waals surface area contributed by atoms with E-state index in [0.717, 1.165) is 11.1 Å². The molecule has 4 atom stereocenters. The number of methoxy groups -OCH3 is 1. The summed E-state index contributed by atoms with van der Waals surface area (Å²) in [5.41, 5.74) is 0.744. The fraction of sp³-hybridized carbons (Fsp3) is 0.467. The molecule has 0 spiro atoms. The Balaban J connectivity index is 1.49. The maximum absolute atomic E-state index is 13.7. The molecule has 10 nitrogen and oxygen atoms in total. The molecule has 2 heterocycles. The Hall–Kier alpha value is -3.76. The van der Waals surface area contributed by atoms with E-state index in [4.69, 9.17) is 9.47 Å². The van der Waals surface area contributed by atoms with Gasteiger partial charge >= 0.3 is 0 Å². The molecule has 2 aromatic carbocycles. The van der Waals surface area contributed by atoms with Crippen molar-refractivity contribution in [3.8, 4) is 5.75 Å². The van der Waals surface area contributed by atoms with E-state index < -0.39 is 35.5 Å². The van der Waals surface area contributed by atoms with Crippen LogP contribution in [0.4, 0.5) is 0 Å². The van der Waals surface area contributed by atoms with Gasteiger partial charge in [0.25, 0.3) is 0 Å². The van der Waals surface area contributed by atoms with Crippen LogP contribution in [0, 0.1) is 5.92 Å². The third kappa shape index (κ3) is 7.45. The lowest BCUT2D eigenvalue weighted by Crippen LogP contribution is -2.58. The second-order valence-electron chi connectivity index (χ2n) is 10.9. The highest BCUT2D eigenvalue weighted by Gasteiger charge is 2.50. The molecule has 2 saturated heterocycles. The molecule has 0 radical (unpaired) electrons. The lowest BCUT2D eigenvalue weighted by molar-refractivity contribution is -0.135. The van der Waals surface area contributed by atoms with Crippen molar-refractivity contribution in [3.63, 3.8) is 0 Å². The van der Waals surface area contributed by atoms with Crippen molar-refractivity contribution in [1.29, 1.82) is 0 Å². The van der Waals surface area contributed by atoms with Gasteiger partial charge < -0.3 is 30.3 Å². The average Bonchev–Trinajstić information content (AvgIpc) is 3.69. The van der Waals surface area contributed by atoms with E-state index in [1.54, 1.807) is 33.1 Å². The number of carbonyl (C=O) groups is 4. The van der Waals surface area contributed by atoms with Crippen LogP contribution in [0.1, 0.15) is 25.0 Å². The summed E-state index contributed by atoms with van der Waals surface area (Å²) in [5, 5.41) is 8.42. The van der Waals surface area contributed by atoms with Crippen LogP contribution >= 0.6 is 0 Å². The number of hydrogen-bond donors (Lipinski definition) is 3. The summed E-state index contributed by atoms with van der Waals surface area (Å²) in [6.45, 7) is 4.88. The average molecular weight is 551 g/mol. The van der Waals surface area contributed by atoms with Gasteiger partial charge in [-0.1, -0.05) is 42.5 Å². The monoisotopic (exact) mass is 550 g/mol. The van der Waals surface area contributed by atoms with E-state index in [1.165, 1.54) is 0 Å². The third-order valence-electron chi connectivity index (χ3n) is 7.43. The molecule has 0 saturated carbocycles. The first-order chi connectivity index (χ1) is 19.1. The normalized spacial score (nSPS) is 20.8. The molecule has 4 rings (SSSR count). The van der Waals surface area contributed by atoms with E-state index in [1.807, 2.05) is 54.4 Å². The van der Waals surface area contributed by atoms with Crippen LogP contribution in [0.2, 0.25) is 0 Å². The van der Waals surface area contributed by atoms with Crippen LogP contribution in [0.5, 0.6) is 5.75 Å². The van der Waals surface area contributed by atoms with Gasteiger partial charge in [-0.3, -0.25) is 19.2 Å². The Morgan fingerprint density at radius 2 is 1.50 bits per heavy atom. The van der Waals surface area contributed by atoms with Crippen LogP contribution < -0.4 is 20.7 Å². The highest BCUT2D eigenvalue weighted by Crippen LogP contribution is 2.29. The van der Waals surface area contributed by atoms with Crippen molar-refractivity contribution >= 4 is 23.5 Å². The second-order valence-corrected chi connectivity index (χ2v) is 10.9. The largest absolute Gasteiger partial charge is 0.497 e. The summed E-state index contributed by atoms with van der Waals surface area (Å²) >= 11 is 0. The zero-order valence-electron chi connectivity index (χ0n) is 23.4. The minimum Gasteiger partial charge on any atom is -0.497 e. The quantitative estimate of drug-likeness (QED) is 0.316. The van der Waals surface area contributed by atoms with Crippen LogP contribution in [0.15, 0.2) is 54.6 Å². The van der Waals surface area contributed by atoms with E-state index >= 15 is 0 Å². The predicted molar refractivity (Wildman–Crippen MR) is 149 cm³/mol. The Morgan fingerprint density at radius 1 is 0.925 bits per heavy atom. The Labute approximate surface area is 234 Å². The SMILES string of the molecule is COc1ccc(C[C@H](NC(=O)[C@H](C)NC(=O)C2CN(C)C2)C(=O)N[C@@H](Cc2ccccc2)C(=O)[C@]2(C)CO2)cc1. The maximum atomic E-state index is 13.7. The van der Waals surface area contributed by atoms with E-state index in [2.05, 4.69) is 16.0 Å². The Kier molecular flexibility index (Phi) is 9.21. The molecule has 0 aromatic heterocycles. The van der Waals surface area contributed by atoms with Gasteiger partial charge in [0.15, 0.2) is 5.78 Å². The van der Waals surface area contributed by atoms with Crippen LogP contribution in [-0.2, 0) is 36.8 Å². The molecule has 40 heavy (non-hydrogen) atoms. The first kappa shape index (κ1) is 29.2. The number of likely N-dealkylation sites (tertiary alicyclic amines) is 1. The summed E-state index contributed by atoms with van der Waals surface area (Å²) in [7, 11) is 3.49. The lowest BCUT2D eigenvalue weighted by atomic mass is 9.94. The van der Waals surface area contributed by atoms with Crippen LogP contribution in [0.3, 0.4) is 0 Å². The standard InChI is InChI=1S/C30H38N4O6/c1-19(31-28(37)22-16-34(3)17-22)27(36)33-25(15-21-10-12-23(39-4)13-11-21)29(38)32-24(26(35)30(2)18-40-30)14-20-8-6-5-7-9-20/h5-13,19,22,24-25H,14-18H2,1-4H3,(H,31,37)(H,32,38)(H,33,36)/t19-,24-,25-,30-/m0/s1. The van der Waals surface area contributed by atoms with Gasteiger partial charge in [-0.2, -0.15) is 0 Å². The molecule has 2 aliphatic rings. The number of carbonyl (C=O) groups excluding carboxylic acids is 4. The summed E-state index contributed by atoms with van der Waals surface area (Å²) in [6.07, 6.45) is 0.464. The molecule has 214 valence electrons. The number of epoxide rings is 1. The molecule has 3 N–H and O–H groups in total. The van der Waals surface area contributed by atoms with Crippen molar-refractivity contribution in [3.05, 3.63) is 65.7 Å². The Morgan fingerprint density at radius 3 is 2.08 bits per heavy atom. The summed E-state index contributed by atoms with van der Waals surface area (Å²) in [5.74, 6) is -0.888. The fourth-order valence-electron chi connectivity index (χ4n) is 4.72. The third-order valence-corrected chi connectivity index (χ3v) is 7.43. The first-order valence-electron chi connectivity index (χ1n) is 13.5. The molecular formula is C30H38N4O6. The van der Waals surface area contributed by atoms with Crippen molar-refractivity contribution in [2.45, 2.75) is 50.4 Å². The highest BCUT2D eigenvalue weighted by molar-refractivity contribution is 5.98. The van der Waals surface area contributed by atoms with Crippen molar-refractivity contribution in [2.75, 3.05) is 33.9 Å². The van der Waals surface area contributed by atoms with Crippen LogP contribution in [0.25, 0.3) is 0 Å². The molecule has 0 aliphatic carbocycles. The summed E-state index contributed by atoms with van der Waals surface area (Å²) in [6, 6.07) is 13.9. The topological polar surface area (TPSA) is 129 Å². The number of nitrogens with zero attached hydrogens (tertiary/aromatic N) is 1. The predicted octanol–water partition coefficient (Wildman–Crippen LogP) is 0.874. The van der Waals surface area contributed by atoms with Gasteiger partial charge in [0, 0.05) is 19.5 Å². The van der Waals surface area contributed by atoms with Crippen molar-refractivity contribution in [2.24, 2.45) is 5.92 Å². The molecule has 0 bridgehead atoms. The minimum atomic E-state index is -0.992. The number of ether oxygens (including phenoxy) is 2. The lowest BCUT2D eigenvalue weighted by Gasteiger charge is -2.35. The minimum absolute atomic E-state index is 0.158.